The van der Waals surface area contributed by atoms with E-state index in [1.165, 1.54) is 0 Å². The summed E-state index contributed by atoms with van der Waals surface area (Å²) in [5.41, 5.74) is 2.95. The molecule has 0 saturated carbocycles. The molecule has 0 unspecified atom stereocenters. The third-order valence-corrected chi connectivity index (χ3v) is 3.30. The molecule has 1 heterocycles. The molecule has 0 radical (unpaired) electrons. The number of hydrogen-bond acceptors (Lipinski definition) is 4. The van der Waals surface area contributed by atoms with E-state index < -0.39 is 0 Å². The van der Waals surface area contributed by atoms with Crippen LogP contribution in [0.1, 0.15) is 12.5 Å². The lowest BCUT2D eigenvalue weighted by molar-refractivity contribution is 0.394. The number of aromatic nitrogens is 2. The van der Waals surface area contributed by atoms with Gasteiger partial charge in [0.2, 0.25) is 0 Å². The first-order valence-electron chi connectivity index (χ1n) is 5.99. The number of hydrogen-bond donors (Lipinski definition) is 1. The summed E-state index contributed by atoms with van der Waals surface area (Å²) < 4.78 is 11.2. The van der Waals surface area contributed by atoms with E-state index >= 15 is 0 Å². The van der Waals surface area contributed by atoms with Gasteiger partial charge in [-0.05, 0) is 18.6 Å². The van der Waals surface area contributed by atoms with Crippen molar-refractivity contribution in [1.29, 1.82) is 0 Å². The predicted octanol–water partition coefficient (Wildman–Crippen LogP) is 3.39. The fraction of sp³-hybridized carbons (Fsp3) is 0.286. The summed E-state index contributed by atoms with van der Waals surface area (Å²) in [6.07, 6.45) is 2.43. The number of H-pyrrole nitrogens is 1. The lowest BCUT2D eigenvalue weighted by Gasteiger charge is -2.11. The van der Waals surface area contributed by atoms with Crippen molar-refractivity contribution in [3.63, 3.8) is 0 Å². The predicted molar refractivity (Wildman–Crippen MR) is 77.3 cm³/mol. The Labute approximate surface area is 117 Å². The van der Waals surface area contributed by atoms with Crippen LogP contribution in [0.5, 0.6) is 11.5 Å². The second kappa shape index (κ2) is 5.84. The number of nitrogens with one attached hydrogen (secondary N) is 1. The minimum atomic E-state index is 0.623. The van der Waals surface area contributed by atoms with Gasteiger partial charge in [-0.2, -0.15) is 0 Å². The average Bonchev–Trinajstić information content (AvgIpc) is 2.46. The Morgan fingerprint density at radius 3 is 2.32 bits per heavy atom. The van der Waals surface area contributed by atoms with Crippen LogP contribution in [-0.4, -0.2) is 24.2 Å². The van der Waals surface area contributed by atoms with Crippen LogP contribution in [0.15, 0.2) is 24.5 Å². The van der Waals surface area contributed by atoms with Crippen LogP contribution in [0.25, 0.3) is 11.3 Å². The fourth-order valence-corrected chi connectivity index (χ4v) is 2.26. The molecule has 0 saturated heterocycles. The molecular formula is C14H16N2O2S. The van der Waals surface area contributed by atoms with Gasteiger partial charge in [0.25, 0.3) is 0 Å². The SMILES string of the molecule is CCc1c(-c2cc(OC)cc(OC)c2)[nH]cnc1=S. The first-order chi connectivity index (χ1) is 9.19. The Bertz CT molecular complexity index is 615. The molecule has 0 atom stereocenters. The number of ether oxygens (including phenoxy) is 2. The van der Waals surface area contributed by atoms with E-state index in [0.717, 1.165) is 34.7 Å². The van der Waals surface area contributed by atoms with E-state index in [4.69, 9.17) is 21.7 Å². The summed E-state index contributed by atoms with van der Waals surface area (Å²) in [6, 6.07) is 5.73. The minimum absolute atomic E-state index is 0.623. The van der Waals surface area contributed by atoms with Crippen molar-refractivity contribution in [2.45, 2.75) is 13.3 Å². The van der Waals surface area contributed by atoms with Crippen LogP contribution in [0.4, 0.5) is 0 Å². The molecule has 0 aliphatic heterocycles. The molecule has 4 nitrogen and oxygen atoms in total. The van der Waals surface area contributed by atoms with Crippen LogP contribution >= 0.6 is 12.2 Å². The third-order valence-electron chi connectivity index (χ3n) is 2.94. The zero-order valence-corrected chi connectivity index (χ0v) is 12.0. The Balaban J connectivity index is 2.64. The Hall–Kier alpha value is -1.88. The number of rotatable bonds is 4. The van der Waals surface area contributed by atoms with Gasteiger partial charge in [-0.1, -0.05) is 19.1 Å². The highest BCUT2D eigenvalue weighted by molar-refractivity contribution is 7.71. The quantitative estimate of drug-likeness (QED) is 0.870. The Morgan fingerprint density at radius 2 is 1.79 bits per heavy atom. The maximum atomic E-state index is 5.29. The van der Waals surface area contributed by atoms with E-state index in [0.29, 0.717) is 4.64 Å². The van der Waals surface area contributed by atoms with Crippen molar-refractivity contribution < 1.29 is 9.47 Å². The molecule has 1 aromatic heterocycles. The van der Waals surface area contributed by atoms with Gasteiger partial charge in [-0.25, -0.2) is 4.98 Å². The van der Waals surface area contributed by atoms with Crippen LogP contribution in [-0.2, 0) is 6.42 Å². The van der Waals surface area contributed by atoms with Crippen LogP contribution in [0.2, 0.25) is 0 Å². The highest BCUT2D eigenvalue weighted by atomic mass is 32.1. The molecule has 0 amide bonds. The maximum absolute atomic E-state index is 5.29. The molecule has 19 heavy (non-hydrogen) atoms. The van der Waals surface area contributed by atoms with E-state index in [-0.39, 0.29) is 0 Å². The van der Waals surface area contributed by atoms with Crippen molar-refractivity contribution in [3.8, 4) is 22.8 Å². The molecule has 100 valence electrons. The van der Waals surface area contributed by atoms with Crippen molar-refractivity contribution in [1.82, 2.24) is 9.97 Å². The molecule has 0 aliphatic rings. The summed E-state index contributed by atoms with van der Waals surface area (Å²) in [6.45, 7) is 2.06. The molecule has 0 aliphatic carbocycles. The first-order valence-corrected chi connectivity index (χ1v) is 6.40. The Kier molecular flexibility index (Phi) is 4.16. The molecule has 0 spiro atoms. The molecule has 2 rings (SSSR count). The van der Waals surface area contributed by atoms with Crippen molar-refractivity contribution in [2.24, 2.45) is 0 Å². The molecule has 0 fully saturated rings. The van der Waals surface area contributed by atoms with Gasteiger partial charge in [0, 0.05) is 17.2 Å². The zero-order chi connectivity index (χ0) is 13.8. The van der Waals surface area contributed by atoms with Gasteiger partial charge < -0.3 is 14.5 Å². The standard InChI is InChI=1S/C14H16N2O2S/c1-4-12-13(15-8-16-14(12)19)9-5-10(17-2)7-11(6-9)18-3/h5-8H,4H2,1-3H3,(H,15,16,19). The molecule has 5 heteroatoms. The highest BCUT2D eigenvalue weighted by Crippen LogP contribution is 2.30. The molecule has 2 aromatic rings. The summed E-state index contributed by atoms with van der Waals surface area (Å²) in [5.74, 6) is 1.49. The first kappa shape index (κ1) is 13.5. The second-order valence-corrected chi connectivity index (χ2v) is 4.40. The number of methoxy groups -OCH3 is 2. The molecular weight excluding hydrogens is 260 g/mol. The lowest BCUT2D eigenvalue weighted by Crippen LogP contribution is -1.96. The van der Waals surface area contributed by atoms with Gasteiger partial charge in [0.15, 0.2) is 0 Å². The summed E-state index contributed by atoms with van der Waals surface area (Å²) in [4.78, 5) is 7.28. The topological polar surface area (TPSA) is 47.1 Å². The third kappa shape index (κ3) is 2.76. The fourth-order valence-electron chi connectivity index (χ4n) is 1.96. The smallest absolute Gasteiger partial charge is 0.133 e. The summed E-state index contributed by atoms with van der Waals surface area (Å²) >= 11 is 5.27. The van der Waals surface area contributed by atoms with Crippen LogP contribution in [0, 0.1) is 4.64 Å². The second-order valence-electron chi connectivity index (χ2n) is 4.02. The van der Waals surface area contributed by atoms with Gasteiger partial charge in [-0.3, -0.25) is 0 Å². The van der Waals surface area contributed by atoms with Gasteiger partial charge >= 0.3 is 0 Å². The van der Waals surface area contributed by atoms with Gasteiger partial charge in [-0.15, -0.1) is 0 Å². The molecule has 1 aromatic carbocycles. The zero-order valence-electron chi connectivity index (χ0n) is 11.2. The molecule has 1 N–H and O–H groups in total. The van der Waals surface area contributed by atoms with Crippen LogP contribution in [0.3, 0.4) is 0 Å². The van der Waals surface area contributed by atoms with E-state index in [1.807, 2.05) is 18.2 Å². The lowest BCUT2D eigenvalue weighted by atomic mass is 10.0. The normalized spacial score (nSPS) is 10.3. The van der Waals surface area contributed by atoms with Crippen molar-refractivity contribution in [2.75, 3.05) is 14.2 Å². The van der Waals surface area contributed by atoms with Crippen molar-refractivity contribution in [3.05, 3.63) is 34.7 Å². The summed E-state index contributed by atoms with van der Waals surface area (Å²) in [7, 11) is 3.27. The Morgan fingerprint density at radius 1 is 1.16 bits per heavy atom. The summed E-state index contributed by atoms with van der Waals surface area (Å²) in [5, 5.41) is 0. The highest BCUT2D eigenvalue weighted by Gasteiger charge is 2.09. The average molecular weight is 276 g/mol. The van der Waals surface area contributed by atoms with E-state index in [2.05, 4.69) is 16.9 Å². The number of aromatic amines is 1. The van der Waals surface area contributed by atoms with E-state index in [9.17, 15) is 0 Å². The number of nitrogens with zero attached hydrogens (tertiary/aromatic N) is 1. The number of benzene rings is 1. The molecule has 0 bridgehead atoms. The monoisotopic (exact) mass is 276 g/mol. The minimum Gasteiger partial charge on any atom is -0.497 e. The largest absolute Gasteiger partial charge is 0.497 e. The van der Waals surface area contributed by atoms with Gasteiger partial charge in [0.05, 0.1) is 26.2 Å². The van der Waals surface area contributed by atoms with Crippen LogP contribution < -0.4 is 9.47 Å². The van der Waals surface area contributed by atoms with E-state index in [1.54, 1.807) is 20.5 Å². The van der Waals surface area contributed by atoms with Gasteiger partial charge in [0.1, 0.15) is 16.1 Å². The van der Waals surface area contributed by atoms with Crippen molar-refractivity contribution >= 4 is 12.2 Å². The maximum Gasteiger partial charge on any atom is 0.133 e.